The molecule has 7 rings (SSSR count). The number of carbonyl (C=O) groups excluding carboxylic acids is 3. The number of nitrogens with zero attached hydrogens (tertiary/aromatic N) is 6. The molecule has 55 heavy (non-hydrogen) atoms. The number of aliphatic hydroxyl groups is 1. The fraction of sp³-hybridized carbons (Fsp3) is 0.500. The van der Waals surface area contributed by atoms with Crippen LogP contribution in [0.4, 0.5) is 14.5 Å². The Morgan fingerprint density at radius 1 is 1.00 bits per heavy atom. The second kappa shape index (κ2) is 15.3. The van der Waals surface area contributed by atoms with Crippen molar-refractivity contribution in [3.05, 3.63) is 88.8 Å². The molecule has 1 saturated carbocycles. The predicted molar refractivity (Wildman–Crippen MR) is 201 cm³/mol. The average molecular weight is 758 g/mol. The third-order valence-corrected chi connectivity index (χ3v) is 11.4. The van der Waals surface area contributed by atoms with Gasteiger partial charge in [0.15, 0.2) is 5.78 Å². The number of Topliss-reactive ketones (excluding diaryl/α,β-unsaturated/α-hetero) is 1. The highest BCUT2D eigenvalue weighted by Crippen LogP contribution is 2.38. The Morgan fingerprint density at radius 3 is 2.40 bits per heavy atom. The van der Waals surface area contributed by atoms with Crippen LogP contribution in [0.15, 0.2) is 49.1 Å². The van der Waals surface area contributed by atoms with Crippen LogP contribution >= 0.6 is 0 Å². The number of amides is 2. The molecule has 3 heterocycles. The van der Waals surface area contributed by atoms with Crippen molar-refractivity contribution in [1.29, 1.82) is 0 Å². The molecule has 2 amide bonds. The van der Waals surface area contributed by atoms with Gasteiger partial charge in [0.25, 0.3) is 5.91 Å². The number of hydrogen-bond acceptors (Lipinski definition) is 9. The Bertz CT molecular complexity index is 2070. The van der Waals surface area contributed by atoms with E-state index in [1.54, 1.807) is 6.07 Å². The van der Waals surface area contributed by atoms with E-state index in [2.05, 4.69) is 34.6 Å². The number of nitrogens with one attached hydrogen (secondary N) is 2. The minimum Gasteiger partial charge on any atom is -0.382 e. The topological polar surface area (TPSA) is 173 Å². The number of halogens is 2. The monoisotopic (exact) mass is 757 g/mol. The Hall–Kier alpha value is -5.02. The summed E-state index contributed by atoms with van der Waals surface area (Å²) in [6.45, 7) is 7.06. The van der Waals surface area contributed by atoms with Crippen LogP contribution in [0, 0.1) is 29.9 Å². The SMILES string of the molecule is Cc1nn(-c2ccc(C(N)=O)c(NC3CCC(NC(=O)C4CCN(CC(O)(Cn5cncn5)c5ccc(F)cc5F)CC4)CC3)c2)c2c1C(=O)CC(C)(C)C2. The van der Waals surface area contributed by atoms with Crippen LogP contribution < -0.4 is 16.4 Å². The predicted octanol–water partition coefficient (Wildman–Crippen LogP) is 4.44. The second-order valence-electron chi connectivity index (χ2n) is 16.4. The number of carbonyl (C=O) groups is 3. The summed E-state index contributed by atoms with van der Waals surface area (Å²) in [4.78, 5) is 44.8. The molecule has 0 radical (unpaired) electrons. The molecule has 292 valence electrons. The van der Waals surface area contributed by atoms with E-state index < -0.39 is 23.1 Å². The molecule has 1 aliphatic heterocycles. The van der Waals surface area contributed by atoms with Gasteiger partial charge in [-0.1, -0.05) is 19.9 Å². The number of ketones is 1. The quantitative estimate of drug-likeness (QED) is 0.173. The zero-order valence-corrected chi connectivity index (χ0v) is 31.5. The van der Waals surface area contributed by atoms with Crippen LogP contribution in [0.25, 0.3) is 5.69 Å². The number of primary amides is 1. The first-order chi connectivity index (χ1) is 26.2. The summed E-state index contributed by atoms with van der Waals surface area (Å²) in [7, 11) is 0. The maximum Gasteiger partial charge on any atom is 0.250 e. The van der Waals surface area contributed by atoms with E-state index >= 15 is 0 Å². The Labute approximate surface area is 318 Å². The van der Waals surface area contributed by atoms with Gasteiger partial charge in [0.1, 0.15) is 29.9 Å². The second-order valence-corrected chi connectivity index (χ2v) is 16.4. The molecule has 3 aliphatic rings. The highest BCUT2D eigenvalue weighted by Gasteiger charge is 2.38. The number of aryl methyl sites for hydroxylation is 1. The van der Waals surface area contributed by atoms with Crippen LogP contribution in [-0.2, 0) is 23.4 Å². The van der Waals surface area contributed by atoms with Crippen LogP contribution in [-0.4, -0.2) is 83.9 Å². The molecule has 2 fully saturated rings. The van der Waals surface area contributed by atoms with Gasteiger partial charge >= 0.3 is 0 Å². The van der Waals surface area contributed by atoms with Gasteiger partial charge in [0.2, 0.25) is 5.91 Å². The summed E-state index contributed by atoms with van der Waals surface area (Å²) in [6.07, 6.45) is 8.15. The molecule has 1 atom stereocenters. The zero-order valence-electron chi connectivity index (χ0n) is 31.5. The maximum absolute atomic E-state index is 14.9. The van der Waals surface area contributed by atoms with Crippen molar-refractivity contribution < 1.29 is 28.3 Å². The first-order valence-corrected chi connectivity index (χ1v) is 19.0. The van der Waals surface area contributed by atoms with Crippen molar-refractivity contribution in [1.82, 2.24) is 34.8 Å². The van der Waals surface area contributed by atoms with Crippen molar-refractivity contribution in [3.63, 3.8) is 0 Å². The molecule has 2 aromatic heterocycles. The molecule has 1 saturated heterocycles. The number of rotatable bonds is 11. The summed E-state index contributed by atoms with van der Waals surface area (Å²) in [6, 6.07) is 8.61. The van der Waals surface area contributed by atoms with Crippen molar-refractivity contribution in [2.24, 2.45) is 17.1 Å². The number of fused-ring (bicyclic) bond motifs is 1. The lowest BCUT2D eigenvalue weighted by atomic mass is 9.75. The highest BCUT2D eigenvalue weighted by atomic mass is 19.1. The number of hydrogen-bond donors (Lipinski definition) is 4. The number of aromatic nitrogens is 5. The summed E-state index contributed by atoms with van der Waals surface area (Å²) in [5.74, 6) is -2.21. The van der Waals surface area contributed by atoms with Gasteiger partial charge in [-0.2, -0.15) is 10.2 Å². The van der Waals surface area contributed by atoms with Crippen LogP contribution in [0.1, 0.15) is 96.5 Å². The summed E-state index contributed by atoms with van der Waals surface area (Å²) >= 11 is 0. The molecule has 2 aromatic carbocycles. The fourth-order valence-corrected chi connectivity index (χ4v) is 8.67. The molecular formula is C40H49F2N9O4. The van der Waals surface area contributed by atoms with Crippen LogP contribution in [0.5, 0.6) is 0 Å². The van der Waals surface area contributed by atoms with E-state index in [1.807, 2.05) is 28.6 Å². The normalized spacial score (nSPS) is 21.5. The largest absolute Gasteiger partial charge is 0.382 e. The van der Waals surface area contributed by atoms with Gasteiger partial charge in [0.05, 0.1) is 34.7 Å². The van der Waals surface area contributed by atoms with Gasteiger partial charge in [0, 0.05) is 48.3 Å². The van der Waals surface area contributed by atoms with Crippen molar-refractivity contribution >= 4 is 23.3 Å². The fourth-order valence-electron chi connectivity index (χ4n) is 8.67. The lowest BCUT2D eigenvalue weighted by Crippen LogP contribution is -2.49. The van der Waals surface area contributed by atoms with Crippen LogP contribution in [0.2, 0.25) is 0 Å². The third-order valence-electron chi connectivity index (χ3n) is 11.4. The van der Waals surface area contributed by atoms with Crippen molar-refractivity contribution in [2.45, 2.75) is 96.4 Å². The van der Waals surface area contributed by atoms with Crippen molar-refractivity contribution in [3.8, 4) is 5.69 Å². The van der Waals surface area contributed by atoms with Gasteiger partial charge in [-0.3, -0.25) is 14.4 Å². The van der Waals surface area contributed by atoms with E-state index in [-0.39, 0.29) is 53.8 Å². The molecule has 5 N–H and O–H groups in total. The van der Waals surface area contributed by atoms with E-state index in [0.717, 1.165) is 49.2 Å². The molecule has 4 aromatic rings. The lowest BCUT2D eigenvalue weighted by Gasteiger charge is -2.38. The van der Waals surface area contributed by atoms with Gasteiger partial charge in [-0.15, -0.1) is 0 Å². The Kier molecular flexibility index (Phi) is 10.6. The Balaban J connectivity index is 0.939. The molecule has 0 bridgehead atoms. The number of anilines is 1. The highest BCUT2D eigenvalue weighted by molar-refractivity contribution is 6.00. The molecule has 0 spiro atoms. The van der Waals surface area contributed by atoms with Gasteiger partial charge < -0.3 is 26.4 Å². The molecular weight excluding hydrogens is 708 g/mol. The van der Waals surface area contributed by atoms with Crippen molar-refractivity contribution in [2.75, 3.05) is 25.0 Å². The van der Waals surface area contributed by atoms with E-state index in [1.165, 1.54) is 23.4 Å². The summed E-state index contributed by atoms with van der Waals surface area (Å²) in [5, 5.41) is 27.4. The minimum absolute atomic E-state index is 0.00161. The number of nitrogens with two attached hydrogens (primary N) is 1. The zero-order chi connectivity index (χ0) is 39.1. The first-order valence-electron chi connectivity index (χ1n) is 19.0. The average Bonchev–Trinajstić information content (AvgIpc) is 3.75. The summed E-state index contributed by atoms with van der Waals surface area (Å²) in [5.41, 5.74) is 7.86. The number of piperidine rings is 1. The summed E-state index contributed by atoms with van der Waals surface area (Å²) < 4.78 is 31.9. The van der Waals surface area contributed by atoms with E-state index in [4.69, 9.17) is 10.8 Å². The molecule has 1 unspecified atom stereocenters. The molecule has 15 heteroatoms. The Morgan fingerprint density at radius 2 is 1.73 bits per heavy atom. The molecule has 2 aliphatic carbocycles. The minimum atomic E-state index is -1.71. The van der Waals surface area contributed by atoms with Gasteiger partial charge in [-0.05, 0) is 94.6 Å². The lowest BCUT2D eigenvalue weighted by molar-refractivity contribution is -0.127. The number of likely N-dealkylation sites (tertiary alicyclic amines) is 1. The standard InChI is InChI=1S/C40H49F2N9O4/c1-24-36-34(18-39(2,3)19-35(36)52)51(48-24)29-9-10-30(37(43)53)33(17-29)46-27-5-7-28(8-6-27)47-38(54)25-12-14-49(15-13-25)20-40(55,21-50-23-44-22-45-50)31-11-4-26(41)16-32(31)42/h4,9-11,16-17,22-23,25,27-28,46,55H,5-8,12-15,18-21H2,1-3H3,(H2,43,53)(H,47,54). The van der Waals surface area contributed by atoms with E-state index in [0.29, 0.717) is 61.3 Å². The maximum atomic E-state index is 14.9. The third kappa shape index (κ3) is 8.32. The number of β-amino-alcohol motifs (C(OH)–C–C–N with tert-alkyl or cyclic N) is 1. The first kappa shape index (κ1) is 38.3. The van der Waals surface area contributed by atoms with E-state index in [9.17, 15) is 28.3 Å². The van der Waals surface area contributed by atoms with Gasteiger partial charge in [-0.25, -0.2) is 23.1 Å². The van der Waals surface area contributed by atoms with Crippen LogP contribution in [0.3, 0.4) is 0 Å². The smallest absolute Gasteiger partial charge is 0.250 e. The molecule has 13 nitrogen and oxygen atoms in total. The number of benzene rings is 2.